The molecule has 2 aromatic carbocycles. The summed E-state index contributed by atoms with van der Waals surface area (Å²) in [5.41, 5.74) is 7.67. The van der Waals surface area contributed by atoms with Gasteiger partial charge in [0.1, 0.15) is 13.2 Å². The summed E-state index contributed by atoms with van der Waals surface area (Å²) in [4.78, 5) is 27.0. The SMILES string of the molecule is C[N+]1=C(/C=C/C=C2\N(CCCCCC(=O)NCCOCCOCCOCCNC(=O)OC3/C=C/CCCCC3)c3ccccc3C2(C)C)C(C)(C)c2ccccc21. The number of anilines is 1. The fourth-order valence-electron chi connectivity index (χ4n) is 8.17. The average molecular weight is 784 g/mol. The molecule has 10 heteroatoms. The molecular formula is C47H67N4O6+. The van der Waals surface area contributed by atoms with E-state index in [0.717, 1.165) is 45.1 Å². The molecule has 0 saturated carbocycles. The first-order chi connectivity index (χ1) is 27.6. The first-order valence-corrected chi connectivity index (χ1v) is 21.2. The van der Waals surface area contributed by atoms with E-state index < -0.39 is 6.09 Å². The number of alkyl carbamates (subject to hydrolysis) is 1. The molecule has 2 N–H and O–H groups in total. The topological polar surface area (TPSA) is 101 Å². The van der Waals surface area contributed by atoms with E-state index >= 15 is 0 Å². The third-order valence-corrected chi connectivity index (χ3v) is 11.3. The van der Waals surface area contributed by atoms with Crippen LogP contribution in [0, 0.1) is 0 Å². The molecule has 0 aromatic heterocycles. The second-order valence-electron chi connectivity index (χ2n) is 16.2. The van der Waals surface area contributed by atoms with E-state index in [1.165, 1.54) is 46.8 Å². The molecule has 1 unspecified atom stereocenters. The van der Waals surface area contributed by atoms with Gasteiger partial charge in [0.2, 0.25) is 11.6 Å². The third-order valence-electron chi connectivity index (χ3n) is 11.3. The Morgan fingerprint density at radius 3 is 2.25 bits per heavy atom. The number of ether oxygens (including phenoxy) is 4. The summed E-state index contributed by atoms with van der Waals surface area (Å²) in [5.74, 6) is 0.0595. The minimum absolute atomic E-state index is 0.0595. The highest BCUT2D eigenvalue weighted by atomic mass is 16.6. The zero-order valence-corrected chi connectivity index (χ0v) is 35.2. The first kappa shape index (κ1) is 43.9. The van der Waals surface area contributed by atoms with Crippen molar-refractivity contribution in [1.82, 2.24) is 10.6 Å². The van der Waals surface area contributed by atoms with Crippen LogP contribution in [0.5, 0.6) is 0 Å². The summed E-state index contributed by atoms with van der Waals surface area (Å²) in [6.07, 6.45) is 19.1. The molecule has 0 fully saturated rings. The molecule has 0 bridgehead atoms. The summed E-state index contributed by atoms with van der Waals surface area (Å²) >= 11 is 0. The minimum atomic E-state index is -0.405. The van der Waals surface area contributed by atoms with Crippen molar-refractivity contribution in [2.75, 3.05) is 71.2 Å². The maximum absolute atomic E-state index is 12.5. The molecule has 2 aliphatic heterocycles. The van der Waals surface area contributed by atoms with Gasteiger partial charge in [-0.2, -0.15) is 4.58 Å². The second kappa shape index (κ2) is 22.0. The number of carbonyl (C=O) groups is 2. The zero-order valence-electron chi connectivity index (χ0n) is 35.2. The van der Waals surface area contributed by atoms with Gasteiger partial charge in [-0.1, -0.05) is 75.2 Å². The van der Waals surface area contributed by atoms with Crippen molar-refractivity contribution < 1.29 is 33.1 Å². The van der Waals surface area contributed by atoms with Gasteiger partial charge < -0.3 is 34.5 Å². The Kier molecular flexibility index (Phi) is 17.0. The maximum Gasteiger partial charge on any atom is 0.407 e. The van der Waals surface area contributed by atoms with Gasteiger partial charge in [-0.3, -0.25) is 4.79 Å². The largest absolute Gasteiger partial charge is 0.442 e. The first-order valence-electron chi connectivity index (χ1n) is 21.2. The number of rotatable bonds is 21. The molecule has 5 rings (SSSR count). The molecule has 1 atom stereocenters. The number of fused-ring (bicyclic) bond motifs is 2. The van der Waals surface area contributed by atoms with Crippen LogP contribution in [0.15, 0.2) is 84.6 Å². The number of nitrogens with zero attached hydrogens (tertiary/aromatic N) is 2. The van der Waals surface area contributed by atoms with Crippen LogP contribution in [0.2, 0.25) is 0 Å². The summed E-state index contributed by atoms with van der Waals surface area (Å²) in [7, 11) is 2.16. The van der Waals surface area contributed by atoms with E-state index in [0.29, 0.717) is 59.2 Å². The molecule has 10 nitrogen and oxygen atoms in total. The Bertz CT molecular complexity index is 1740. The van der Waals surface area contributed by atoms with E-state index in [9.17, 15) is 9.59 Å². The third kappa shape index (κ3) is 12.4. The van der Waals surface area contributed by atoms with E-state index in [4.69, 9.17) is 18.9 Å². The fraction of sp³-hybridized carbons (Fsp3) is 0.553. The van der Waals surface area contributed by atoms with E-state index in [-0.39, 0.29) is 22.8 Å². The molecule has 1 aliphatic carbocycles. The smallest absolute Gasteiger partial charge is 0.407 e. The van der Waals surface area contributed by atoms with Gasteiger partial charge in [0, 0.05) is 60.6 Å². The van der Waals surface area contributed by atoms with Gasteiger partial charge >= 0.3 is 6.09 Å². The van der Waals surface area contributed by atoms with Crippen molar-refractivity contribution in [3.05, 3.63) is 95.7 Å². The monoisotopic (exact) mass is 784 g/mol. The van der Waals surface area contributed by atoms with Crippen LogP contribution in [-0.4, -0.2) is 94.7 Å². The van der Waals surface area contributed by atoms with Crippen LogP contribution in [-0.2, 0) is 34.6 Å². The predicted octanol–water partition coefficient (Wildman–Crippen LogP) is 8.27. The van der Waals surface area contributed by atoms with Crippen LogP contribution in [0.1, 0.15) is 96.6 Å². The normalized spacial score (nSPS) is 19.6. The minimum Gasteiger partial charge on any atom is -0.442 e. The lowest BCUT2D eigenvalue weighted by molar-refractivity contribution is -0.401. The van der Waals surface area contributed by atoms with Crippen molar-refractivity contribution in [2.45, 2.75) is 102 Å². The quantitative estimate of drug-likeness (QED) is 0.0747. The summed E-state index contributed by atoms with van der Waals surface area (Å²) in [6.45, 7) is 13.6. The molecule has 0 radical (unpaired) electrons. The highest BCUT2D eigenvalue weighted by Crippen LogP contribution is 2.48. The molecule has 0 saturated heterocycles. The lowest BCUT2D eigenvalue weighted by Crippen LogP contribution is -2.31. The Morgan fingerprint density at radius 1 is 0.807 bits per heavy atom. The van der Waals surface area contributed by atoms with E-state index in [1.54, 1.807) is 0 Å². The van der Waals surface area contributed by atoms with Gasteiger partial charge in [-0.25, -0.2) is 4.79 Å². The summed E-state index contributed by atoms with van der Waals surface area (Å²) in [5, 5.41) is 5.71. The van der Waals surface area contributed by atoms with E-state index in [2.05, 4.69) is 128 Å². The molecule has 2 aromatic rings. The molecular weight excluding hydrogens is 717 g/mol. The fourth-order valence-corrected chi connectivity index (χ4v) is 8.17. The lowest BCUT2D eigenvalue weighted by atomic mass is 9.81. The molecule has 0 spiro atoms. The Balaban J connectivity index is 0.911. The second-order valence-corrected chi connectivity index (χ2v) is 16.2. The van der Waals surface area contributed by atoms with Crippen molar-refractivity contribution in [1.29, 1.82) is 0 Å². The number of hydrogen-bond acceptors (Lipinski definition) is 7. The van der Waals surface area contributed by atoms with Gasteiger partial charge in [0.05, 0.1) is 45.1 Å². The Hall–Kier alpha value is -4.25. The highest BCUT2D eigenvalue weighted by molar-refractivity contribution is 6.03. The number of carbonyl (C=O) groups excluding carboxylic acids is 2. The van der Waals surface area contributed by atoms with Crippen molar-refractivity contribution in [3.63, 3.8) is 0 Å². The number of para-hydroxylation sites is 2. The molecule has 2 heterocycles. The molecule has 310 valence electrons. The van der Waals surface area contributed by atoms with Crippen molar-refractivity contribution >= 4 is 29.1 Å². The number of unbranched alkanes of at least 4 members (excludes halogenated alkanes) is 2. The number of allylic oxidation sites excluding steroid dienone is 5. The molecule has 2 amide bonds. The van der Waals surface area contributed by atoms with Gasteiger partial charge in [0.15, 0.2) is 5.71 Å². The summed E-state index contributed by atoms with van der Waals surface area (Å²) < 4.78 is 24.5. The van der Waals surface area contributed by atoms with Gasteiger partial charge in [0.25, 0.3) is 0 Å². The van der Waals surface area contributed by atoms with Crippen LogP contribution in [0.4, 0.5) is 16.2 Å². The maximum atomic E-state index is 12.5. The van der Waals surface area contributed by atoms with E-state index in [1.807, 2.05) is 6.08 Å². The highest BCUT2D eigenvalue weighted by Gasteiger charge is 2.43. The van der Waals surface area contributed by atoms with Crippen LogP contribution in [0.3, 0.4) is 0 Å². The number of nitrogens with one attached hydrogen (secondary N) is 2. The number of hydrogen-bond donors (Lipinski definition) is 2. The van der Waals surface area contributed by atoms with Crippen molar-refractivity contribution in [2.24, 2.45) is 0 Å². The Labute approximate surface area is 341 Å². The average Bonchev–Trinajstić information content (AvgIpc) is 3.52. The van der Waals surface area contributed by atoms with Crippen molar-refractivity contribution in [3.8, 4) is 0 Å². The van der Waals surface area contributed by atoms with Crippen LogP contribution < -0.4 is 15.5 Å². The Morgan fingerprint density at radius 2 is 1.49 bits per heavy atom. The molecule has 57 heavy (non-hydrogen) atoms. The van der Waals surface area contributed by atoms with Gasteiger partial charge in [-0.15, -0.1) is 0 Å². The number of benzene rings is 2. The van der Waals surface area contributed by atoms with Crippen LogP contribution >= 0.6 is 0 Å². The predicted molar refractivity (Wildman–Crippen MR) is 229 cm³/mol. The number of amides is 2. The summed E-state index contributed by atoms with van der Waals surface area (Å²) in [6, 6.07) is 17.4. The van der Waals surface area contributed by atoms with Gasteiger partial charge in [-0.05, 0) is 76.2 Å². The zero-order chi connectivity index (χ0) is 40.5. The molecule has 3 aliphatic rings. The lowest BCUT2D eigenvalue weighted by Gasteiger charge is -2.27. The van der Waals surface area contributed by atoms with Crippen LogP contribution in [0.25, 0.3) is 0 Å². The standard InChI is InChI=1S/C47H66N4O6/c1-46(2)38-21-13-15-23-40(38)50(5)42(46)25-18-26-43-47(3,4)39-22-14-16-24-41(39)51(43)30-17-9-12-27-44(52)48-28-31-54-33-35-56-36-34-55-32-29-49-45(53)57-37-19-10-7-6-8-11-20-37/h10,13-16,18-19,21-26,37H,6-9,11-12,17,20,27-36H2,1-5H3,(H-,48,49,52,53)/p+1/b19-10+.